The zero-order valence-electron chi connectivity index (χ0n) is 19.8. The first-order valence-electron chi connectivity index (χ1n) is 10.8. The summed E-state index contributed by atoms with van der Waals surface area (Å²) in [6, 6.07) is 14.5. The summed E-state index contributed by atoms with van der Waals surface area (Å²) in [5, 5.41) is 15.3. The molecule has 0 radical (unpaired) electrons. The fourth-order valence-electron chi connectivity index (χ4n) is 3.81. The van der Waals surface area contributed by atoms with Crippen LogP contribution in [0, 0.1) is 0 Å². The number of nitrogens with zero attached hydrogens (tertiary/aromatic N) is 3. The van der Waals surface area contributed by atoms with E-state index in [1.54, 1.807) is 59.2 Å². The van der Waals surface area contributed by atoms with Gasteiger partial charge in [0.25, 0.3) is 0 Å². The number of ketones is 1. The van der Waals surface area contributed by atoms with Gasteiger partial charge in [0.2, 0.25) is 0 Å². The van der Waals surface area contributed by atoms with E-state index in [2.05, 4.69) is 10.1 Å². The van der Waals surface area contributed by atoms with Crippen LogP contribution in [0.3, 0.4) is 0 Å². The smallest absolute Gasteiger partial charge is 0.325 e. The van der Waals surface area contributed by atoms with E-state index < -0.39 is 21.9 Å². The standard InChI is InChI=1S/C25H28ClN3O4S/c1-6-25(23(31)32,22-27-20(28-29(22)4)17-9-11-18(26)12-10-17)21(30)24(2,3)34-15-16-7-13-19(33-5)14-8-16/h7-14H,6,15H2,1-5H3,(H,31,32). The lowest BCUT2D eigenvalue weighted by Crippen LogP contribution is -2.52. The summed E-state index contributed by atoms with van der Waals surface area (Å²) in [6.07, 6.45) is 0.0419. The highest BCUT2D eigenvalue weighted by molar-refractivity contribution is 8.00. The highest BCUT2D eigenvalue weighted by atomic mass is 35.5. The molecule has 3 aromatic rings. The number of carboxylic acids is 1. The lowest BCUT2D eigenvalue weighted by atomic mass is 9.75. The van der Waals surface area contributed by atoms with Crippen molar-refractivity contribution in [3.05, 3.63) is 64.9 Å². The number of thioether (sulfide) groups is 1. The zero-order valence-corrected chi connectivity index (χ0v) is 21.4. The van der Waals surface area contributed by atoms with Crippen LogP contribution < -0.4 is 4.74 Å². The van der Waals surface area contributed by atoms with E-state index in [4.69, 9.17) is 16.3 Å². The number of carbonyl (C=O) groups excluding carboxylic acids is 1. The van der Waals surface area contributed by atoms with Gasteiger partial charge in [0, 0.05) is 23.4 Å². The molecule has 0 saturated heterocycles. The number of carbonyl (C=O) groups is 2. The number of hydrogen-bond acceptors (Lipinski definition) is 6. The molecule has 0 aliphatic heterocycles. The molecule has 0 bridgehead atoms. The maximum atomic E-state index is 13.9. The average molecular weight is 502 g/mol. The maximum absolute atomic E-state index is 13.9. The average Bonchev–Trinajstić information content (AvgIpc) is 3.21. The second-order valence-electron chi connectivity index (χ2n) is 8.43. The summed E-state index contributed by atoms with van der Waals surface area (Å²) in [6.45, 7) is 5.20. The zero-order chi connectivity index (χ0) is 25.1. The van der Waals surface area contributed by atoms with Crippen LogP contribution in [0.1, 0.15) is 38.6 Å². The van der Waals surface area contributed by atoms with Gasteiger partial charge in [-0.2, -0.15) is 5.10 Å². The second-order valence-corrected chi connectivity index (χ2v) is 10.5. The molecular weight excluding hydrogens is 474 g/mol. The highest BCUT2D eigenvalue weighted by Crippen LogP contribution is 2.40. The third kappa shape index (κ3) is 4.98. The van der Waals surface area contributed by atoms with Gasteiger partial charge in [-0.25, -0.2) is 4.98 Å². The number of benzene rings is 2. The lowest BCUT2D eigenvalue weighted by Gasteiger charge is -2.33. The number of halogens is 1. The van der Waals surface area contributed by atoms with Gasteiger partial charge in [0.15, 0.2) is 22.8 Å². The summed E-state index contributed by atoms with van der Waals surface area (Å²) in [5.41, 5.74) is -0.155. The molecule has 1 atom stereocenters. The van der Waals surface area contributed by atoms with Crippen molar-refractivity contribution in [2.75, 3.05) is 7.11 Å². The number of hydrogen-bond donors (Lipinski definition) is 1. The Morgan fingerprint density at radius 2 is 1.74 bits per heavy atom. The summed E-state index contributed by atoms with van der Waals surface area (Å²) in [7, 11) is 3.21. The molecule has 0 fully saturated rings. The van der Waals surface area contributed by atoms with E-state index in [-0.39, 0.29) is 12.2 Å². The van der Waals surface area contributed by atoms with Crippen molar-refractivity contribution in [1.82, 2.24) is 14.8 Å². The fourth-order valence-corrected chi connectivity index (χ4v) is 4.96. The number of Topliss-reactive ketones (excluding diaryl/α,β-unsaturated/α-hetero) is 1. The quantitative estimate of drug-likeness (QED) is 0.383. The van der Waals surface area contributed by atoms with Crippen molar-refractivity contribution in [2.45, 2.75) is 43.1 Å². The minimum absolute atomic E-state index is 0.0419. The molecule has 1 unspecified atom stereocenters. The predicted octanol–water partition coefficient (Wildman–Crippen LogP) is 5.16. The van der Waals surface area contributed by atoms with Crippen LogP contribution in [-0.4, -0.2) is 43.5 Å². The van der Waals surface area contributed by atoms with Crippen LogP contribution in [0.4, 0.5) is 0 Å². The van der Waals surface area contributed by atoms with Crippen molar-refractivity contribution >= 4 is 35.1 Å². The molecule has 0 spiro atoms. The number of ether oxygens (including phenoxy) is 1. The Kier molecular flexibility index (Phi) is 7.73. The van der Waals surface area contributed by atoms with Gasteiger partial charge < -0.3 is 9.84 Å². The molecule has 0 aliphatic carbocycles. The van der Waals surface area contributed by atoms with Gasteiger partial charge in [0.1, 0.15) is 5.75 Å². The maximum Gasteiger partial charge on any atom is 0.325 e. The summed E-state index contributed by atoms with van der Waals surface area (Å²) in [5.74, 6) is 0.0683. The molecular formula is C25H28ClN3O4S. The van der Waals surface area contributed by atoms with Crippen LogP contribution in [0.5, 0.6) is 5.75 Å². The Labute approximate surface area is 208 Å². The molecule has 1 aromatic heterocycles. The Hall–Kier alpha value is -2.84. The van der Waals surface area contributed by atoms with Gasteiger partial charge in [-0.05, 0) is 62.2 Å². The summed E-state index contributed by atoms with van der Waals surface area (Å²) in [4.78, 5) is 31.1. The Morgan fingerprint density at radius 1 is 1.12 bits per heavy atom. The number of aryl methyl sites for hydroxylation is 1. The third-order valence-corrected chi connectivity index (χ3v) is 7.47. The van der Waals surface area contributed by atoms with E-state index in [0.717, 1.165) is 11.3 Å². The molecule has 0 saturated carbocycles. The van der Waals surface area contributed by atoms with E-state index >= 15 is 0 Å². The third-order valence-electron chi connectivity index (χ3n) is 5.84. The molecule has 3 rings (SSSR count). The van der Waals surface area contributed by atoms with Crippen molar-refractivity contribution < 1.29 is 19.4 Å². The van der Waals surface area contributed by atoms with E-state index in [9.17, 15) is 14.7 Å². The highest BCUT2D eigenvalue weighted by Gasteiger charge is 2.55. The molecule has 1 N–H and O–H groups in total. The number of carboxylic acid groups (broad SMARTS) is 1. The fraction of sp³-hybridized carbons (Fsp3) is 0.360. The number of aromatic nitrogens is 3. The normalized spacial score (nSPS) is 13.4. The van der Waals surface area contributed by atoms with Crippen LogP contribution in [0.2, 0.25) is 5.02 Å². The number of aliphatic carboxylic acids is 1. The largest absolute Gasteiger partial charge is 0.497 e. The minimum atomic E-state index is -1.84. The molecule has 7 nitrogen and oxygen atoms in total. The van der Waals surface area contributed by atoms with E-state index in [1.165, 1.54) is 16.4 Å². The number of methoxy groups -OCH3 is 1. The van der Waals surface area contributed by atoms with Crippen LogP contribution in [0.15, 0.2) is 48.5 Å². The molecule has 34 heavy (non-hydrogen) atoms. The molecule has 180 valence electrons. The Morgan fingerprint density at radius 3 is 2.26 bits per heavy atom. The summed E-state index contributed by atoms with van der Waals surface area (Å²) < 4.78 is 5.58. The van der Waals surface area contributed by atoms with Crippen molar-refractivity contribution in [1.29, 1.82) is 0 Å². The van der Waals surface area contributed by atoms with Gasteiger partial charge in [0.05, 0.1) is 11.9 Å². The lowest BCUT2D eigenvalue weighted by molar-refractivity contribution is -0.150. The molecule has 2 aromatic carbocycles. The van der Waals surface area contributed by atoms with Gasteiger partial charge in [-0.1, -0.05) is 30.7 Å². The Bertz CT molecular complexity index is 1180. The predicted molar refractivity (Wildman–Crippen MR) is 134 cm³/mol. The van der Waals surface area contributed by atoms with Gasteiger partial charge >= 0.3 is 5.97 Å². The van der Waals surface area contributed by atoms with Crippen LogP contribution in [-0.2, 0) is 27.8 Å². The van der Waals surface area contributed by atoms with E-state index in [1.807, 2.05) is 24.3 Å². The first kappa shape index (κ1) is 25.8. The molecule has 9 heteroatoms. The number of rotatable bonds is 10. The molecule has 0 amide bonds. The second kappa shape index (κ2) is 10.2. The monoisotopic (exact) mass is 501 g/mol. The van der Waals surface area contributed by atoms with Gasteiger partial charge in [-0.15, -0.1) is 11.8 Å². The molecule has 1 heterocycles. The summed E-state index contributed by atoms with van der Waals surface area (Å²) >= 11 is 7.37. The minimum Gasteiger partial charge on any atom is -0.497 e. The van der Waals surface area contributed by atoms with Gasteiger partial charge in [-0.3, -0.25) is 14.3 Å². The SMILES string of the molecule is CCC(C(=O)O)(C(=O)C(C)(C)SCc1ccc(OC)cc1)c1nc(-c2ccc(Cl)cc2)nn1C. The van der Waals surface area contributed by atoms with Crippen LogP contribution >= 0.6 is 23.4 Å². The first-order valence-corrected chi connectivity index (χ1v) is 12.1. The first-order chi connectivity index (χ1) is 16.0. The Balaban J connectivity index is 1.95. The molecule has 0 aliphatic rings. The topological polar surface area (TPSA) is 94.3 Å². The van der Waals surface area contributed by atoms with Crippen LogP contribution in [0.25, 0.3) is 11.4 Å². The van der Waals surface area contributed by atoms with Crippen molar-refractivity contribution in [3.8, 4) is 17.1 Å². The van der Waals surface area contributed by atoms with E-state index in [0.29, 0.717) is 22.2 Å². The van der Waals surface area contributed by atoms with Crippen molar-refractivity contribution in [2.24, 2.45) is 7.05 Å². The van der Waals surface area contributed by atoms with Crippen molar-refractivity contribution in [3.63, 3.8) is 0 Å².